The summed E-state index contributed by atoms with van der Waals surface area (Å²) in [5, 5.41) is 12.5. The van der Waals surface area contributed by atoms with Gasteiger partial charge in [-0.05, 0) is 20.3 Å². The lowest BCUT2D eigenvalue weighted by Gasteiger charge is -2.32. The second-order valence-electron chi connectivity index (χ2n) is 5.20. The largest absolute Gasteiger partial charge is 0.396 e. The molecule has 0 radical (unpaired) electrons. The first-order valence-electron chi connectivity index (χ1n) is 5.39. The lowest BCUT2D eigenvalue weighted by Crippen LogP contribution is -2.48. The molecule has 0 aromatic heterocycles. The van der Waals surface area contributed by atoms with Crippen LogP contribution in [0.5, 0.6) is 0 Å². The zero-order valence-corrected chi connectivity index (χ0v) is 10.3. The highest BCUT2D eigenvalue weighted by Gasteiger charge is 2.26. The smallest absolute Gasteiger partial charge is 0.219 e. The molecule has 0 fully saturated rings. The molecule has 15 heavy (non-hydrogen) atoms. The van der Waals surface area contributed by atoms with Gasteiger partial charge in [0.15, 0.2) is 0 Å². The van der Waals surface area contributed by atoms with E-state index < -0.39 is 0 Å². The molecule has 0 aromatic rings. The molecule has 0 aliphatic carbocycles. The number of aliphatic hydroxyl groups is 1. The number of aliphatic hydroxyl groups excluding tert-OH is 1. The van der Waals surface area contributed by atoms with Crippen LogP contribution in [-0.4, -0.2) is 29.7 Å². The van der Waals surface area contributed by atoms with Crippen LogP contribution < -0.4 is 11.1 Å². The number of nitrogens with two attached hydrogens (primary N) is 1. The highest BCUT2D eigenvalue weighted by molar-refractivity contribution is 5.74. The molecule has 1 unspecified atom stereocenters. The summed E-state index contributed by atoms with van der Waals surface area (Å²) in [6.45, 7) is 8.75. The van der Waals surface area contributed by atoms with Crippen molar-refractivity contribution in [1.82, 2.24) is 5.32 Å². The van der Waals surface area contributed by atoms with Crippen LogP contribution >= 0.6 is 0 Å². The minimum Gasteiger partial charge on any atom is -0.396 e. The van der Waals surface area contributed by atoms with Gasteiger partial charge in [-0.15, -0.1) is 0 Å². The molecule has 0 aliphatic rings. The monoisotopic (exact) mass is 216 g/mol. The zero-order chi connectivity index (χ0) is 12.1. The van der Waals surface area contributed by atoms with Crippen LogP contribution in [0.4, 0.5) is 0 Å². The Bertz CT molecular complexity index is 211. The van der Waals surface area contributed by atoms with Crippen LogP contribution in [0, 0.1) is 5.41 Å². The van der Waals surface area contributed by atoms with Crippen LogP contribution in [0.3, 0.4) is 0 Å². The van der Waals surface area contributed by atoms with Crippen molar-refractivity contribution in [2.24, 2.45) is 11.1 Å². The predicted octanol–water partition coefficient (Wildman–Crippen LogP) is 0.639. The molecule has 0 saturated heterocycles. The van der Waals surface area contributed by atoms with Crippen LogP contribution in [0.25, 0.3) is 0 Å². The van der Waals surface area contributed by atoms with Gasteiger partial charge in [0.05, 0.1) is 0 Å². The molecular formula is C11H24N2O2. The Morgan fingerprint density at radius 1 is 1.40 bits per heavy atom. The van der Waals surface area contributed by atoms with E-state index in [0.29, 0.717) is 13.0 Å². The molecule has 4 N–H and O–H groups in total. The Balaban J connectivity index is 4.18. The molecule has 1 amide bonds. The fourth-order valence-corrected chi connectivity index (χ4v) is 1.24. The normalized spacial score (nSPS) is 16.1. The maximum atomic E-state index is 10.8. The third-order valence-electron chi connectivity index (χ3n) is 2.85. The Morgan fingerprint density at radius 3 is 2.27 bits per heavy atom. The van der Waals surface area contributed by atoms with Gasteiger partial charge in [0.1, 0.15) is 0 Å². The number of rotatable bonds is 7. The van der Waals surface area contributed by atoms with Crippen LogP contribution in [-0.2, 0) is 4.79 Å². The van der Waals surface area contributed by atoms with Gasteiger partial charge >= 0.3 is 0 Å². The van der Waals surface area contributed by atoms with Crippen molar-refractivity contribution in [1.29, 1.82) is 0 Å². The van der Waals surface area contributed by atoms with E-state index in [1.165, 1.54) is 0 Å². The number of primary amides is 1. The van der Waals surface area contributed by atoms with Crippen molar-refractivity contribution in [3.8, 4) is 0 Å². The first-order chi connectivity index (χ1) is 6.74. The molecule has 90 valence electrons. The third kappa shape index (κ3) is 5.74. The highest BCUT2D eigenvalue weighted by Crippen LogP contribution is 2.20. The van der Waals surface area contributed by atoms with E-state index in [4.69, 9.17) is 5.73 Å². The third-order valence-corrected chi connectivity index (χ3v) is 2.85. The molecule has 0 aliphatic heterocycles. The number of carbonyl (C=O) groups excluding carboxylic acids is 1. The Hall–Kier alpha value is -0.610. The standard InChI is InChI=1S/C11H24N2O2/c1-5-11(4,8-14)7-13-10(2,3)6-9(12)15/h13-14H,5-8H2,1-4H3,(H2,12,15). The van der Waals surface area contributed by atoms with Gasteiger partial charge in [-0.2, -0.15) is 0 Å². The summed E-state index contributed by atoms with van der Waals surface area (Å²) in [7, 11) is 0. The maximum absolute atomic E-state index is 10.8. The number of nitrogens with one attached hydrogen (secondary N) is 1. The molecular weight excluding hydrogens is 192 g/mol. The number of carbonyl (C=O) groups is 1. The maximum Gasteiger partial charge on any atom is 0.219 e. The van der Waals surface area contributed by atoms with Gasteiger partial charge in [-0.3, -0.25) is 4.79 Å². The Labute approximate surface area is 92.2 Å². The first-order valence-corrected chi connectivity index (χ1v) is 5.39. The van der Waals surface area contributed by atoms with Crippen molar-refractivity contribution < 1.29 is 9.90 Å². The first kappa shape index (κ1) is 14.4. The summed E-state index contributed by atoms with van der Waals surface area (Å²) in [6, 6.07) is 0. The Morgan fingerprint density at radius 2 is 1.93 bits per heavy atom. The van der Waals surface area contributed by atoms with Gasteiger partial charge in [-0.1, -0.05) is 13.8 Å². The topological polar surface area (TPSA) is 75.3 Å². The molecule has 0 aromatic carbocycles. The molecule has 0 heterocycles. The summed E-state index contributed by atoms with van der Waals surface area (Å²) in [5.41, 5.74) is 4.72. The van der Waals surface area contributed by atoms with E-state index in [9.17, 15) is 9.90 Å². The van der Waals surface area contributed by atoms with Crippen molar-refractivity contribution >= 4 is 5.91 Å². The average molecular weight is 216 g/mol. The van der Waals surface area contributed by atoms with E-state index in [1.807, 2.05) is 27.7 Å². The predicted molar refractivity (Wildman–Crippen MR) is 61.4 cm³/mol. The number of hydrogen-bond donors (Lipinski definition) is 3. The Kier molecular flexibility index (Phi) is 5.24. The van der Waals surface area contributed by atoms with E-state index >= 15 is 0 Å². The van der Waals surface area contributed by atoms with Gasteiger partial charge in [0.25, 0.3) is 0 Å². The summed E-state index contributed by atoms with van der Waals surface area (Å²) < 4.78 is 0. The molecule has 0 spiro atoms. The van der Waals surface area contributed by atoms with Crippen LogP contribution in [0.15, 0.2) is 0 Å². The van der Waals surface area contributed by atoms with Crippen molar-refractivity contribution in [3.63, 3.8) is 0 Å². The minimum absolute atomic E-state index is 0.130. The molecule has 4 nitrogen and oxygen atoms in total. The quantitative estimate of drug-likeness (QED) is 0.584. The van der Waals surface area contributed by atoms with Crippen LogP contribution in [0.2, 0.25) is 0 Å². The van der Waals surface area contributed by atoms with Crippen molar-refractivity contribution in [3.05, 3.63) is 0 Å². The summed E-state index contributed by atoms with van der Waals surface area (Å²) in [4.78, 5) is 10.8. The molecule has 4 heteroatoms. The molecule has 0 rings (SSSR count). The highest BCUT2D eigenvalue weighted by atomic mass is 16.3. The number of hydrogen-bond acceptors (Lipinski definition) is 3. The molecule has 1 atom stereocenters. The lowest BCUT2D eigenvalue weighted by molar-refractivity contribution is -0.119. The SMILES string of the molecule is CCC(C)(CO)CNC(C)(C)CC(N)=O. The molecule has 0 saturated carbocycles. The second kappa shape index (κ2) is 5.47. The fraction of sp³-hybridized carbons (Fsp3) is 0.909. The van der Waals surface area contributed by atoms with E-state index in [2.05, 4.69) is 5.32 Å². The van der Waals surface area contributed by atoms with Gasteiger partial charge < -0.3 is 16.2 Å². The minimum atomic E-state index is -0.310. The van der Waals surface area contributed by atoms with E-state index in [-0.39, 0.29) is 23.5 Å². The van der Waals surface area contributed by atoms with Crippen molar-refractivity contribution in [2.75, 3.05) is 13.2 Å². The van der Waals surface area contributed by atoms with Crippen LogP contribution in [0.1, 0.15) is 40.5 Å². The molecule has 0 bridgehead atoms. The lowest BCUT2D eigenvalue weighted by atomic mass is 9.87. The van der Waals surface area contributed by atoms with E-state index in [0.717, 1.165) is 6.42 Å². The van der Waals surface area contributed by atoms with Gasteiger partial charge in [0.2, 0.25) is 5.91 Å². The summed E-state index contributed by atoms with van der Waals surface area (Å²) in [5.74, 6) is -0.310. The fourth-order valence-electron chi connectivity index (χ4n) is 1.24. The van der Waals surface area contributed by atoms with Gasteiger partial charge in [0, 0.05) is 30.5 Å². The van der Waals surface area contributed by atoms with E-state index in [1.54, 1.807) is 0 Å². The zero-order valence-electron chi connectivity index (χ0n) is 10.3. The van der Waals surface area contributed by atoms with Gasteiger partial charge in [-0.25, -0.2) is 0 Å². The average Bonchev–Trinajstić information content (AvgIpc) is 2.12. The number of amides is 1. The summed E-state index contributed by atoms with van der Waals surface area (Å²) in [6.07, 6.45) is 1.20. The van der Waals surface area contributed by atoms with Crippen molar-refractivity contribution in [2.45, 2.75) is 46.1 Å². The summed E-state index contributed by atoms with van der Waals surface area (Å²) >= 11 is 0. The second-order valence-corrected chi connectivity index (χ2v) is 5.20.